The van der Waals surface area contributed by atoms with Crippen LogP contribution in [0.1, 0.15) is 23.1 Å². The number of aryl methyl sites for hydroxylation is 3. The molecule has 0 aromatic heterocycles. The Morgan fingerprint density at radius 2 is 2.17 bits per heavy atom. The molecule has 1 atom stereocenters. The molecule has 1 aromatic rings. The average Bonchev–Trinajstić information content (AvgIpc) is 2.75. The summed E-state index contributed by atoms with van der Waals surface area (Å²) in [5, 5.41) is 0. The van der Waals surface area contributed by atoms with Gasteiger partial charge in [-0.15, -0.1) is 0 Å². The van der Waals surface area contributed by atoms with Crippen LogP contribution in [0.3, 0.4) is 0 Å². The van der Waals surface area contributed by atoms with Crippen molar-refractivity contribution in [1.29, 1.82) is 0 Å². The van der Waals surface area contributed by atoms with Crippen LogP contribution in [0.15, 0.2) is 12.1 Å². The van der Waals surface area contributed by atoms with Gasteiger partial charge in [0.25, 0.3) is 0 Å². The Morgan fingerprint density at radius 1 is 1.33 bits per heavy atom. The average molecular weight is 247 g/mol. The molecule has 1 saturated heterocycles. The Hall–Kier alpha value is -1.71. The number of fused-ring (bicyclic) bond motifs is 1. The predicted molar refractivity (Wildman–Crippen MR) is 66.7 cm³/mol. The standard InChI is InChI=1S/C14H17NO3/c1-9-7-10(2)13-11(8-9)3-4-12(18-13)15-5-6-17-14(15)16/h7-8,12H,3-6H2,1-2H3. The number of hydrogen-bond acceptors (Lipinski definition) is 3. The minimum absolute atomic E-state index is 0.172. The first-order chi connectivity index (χ1) is 8.65. The van der Waals surface area contributed by atoms with Crippen molar-refractivity contribution in [2.75, 3.05) is 13.2 Å². The number of hydrogen-bond donors (Lipinski definition) is 0. The highest BCUT2D eigenvalue weighted by atomic mass is 16.6. The van der Waals surface area contributed by atoms with E-state index >= 15 is 0 Å². The third-order valence-corrected chi connectivity index (χ3v) is 3.55. The predicted octanol–water partition coefficient (Wildman–Crippen LogP) is 2.41. The molecule has 2 heterocycles. The first-order valence-corrected chi connectivity index (χ1v) is 6.35. The number of cyclic esters (lactones) is 1. The summed E-state index contributed by atoms with van der Waals surface area (Å²) in [6.45, 7) is 5.25. The fraction of sp³-hybridized carbons (Fsp3) is 0.500. The van der Waals surface area contributed by atoms with Gasteiger partial charge in [0.15, 0.2) is 6.23 Å². The van der Waals surface area contributed by atoms with Crippen LogP contribution in [0.5, 0.6) is 5.75 Å². The largest absolute Gasteiger partial charge is 0.470 e. The Morgan fingerprint density at radius 3 is 2.89 bits per heavy atom. The Bertz CT molecular complexity index is 498. The molecule has 0 spiro atoms. The molecule has 1 aromatic carbocycles. The summed E-state index contributed by atoms with van der Waals surface area (Å²) in [5.41, 5.74) is 3.65. The van der Waals surface area contributed by atoms with E-state index in [4.69, 9.17) is 9.47 Å². The molecule has 0 radical (unpaired) electrons. The van der Waals surface area contributed by atoms with Crippen molar-refractivity contribution < 1.29 is 14.3 Å². The smallest absolute Gasteiger partial charge is 0.412 e. The van der Waals surface area contributed by atoms with Gasteiger partial charge in [-0.05, 0) is 31.4 Å². The highest BCUT2D eigenvalue weighted by Crippen LogP contribution is 2.33. The lowest BCUT2D eigenvalue weighted by Gasteiger charge is -2.32. The van der Waals surface area contributed by atoms with Gasteiger partial charge in [0.05, 0.1) is 6.54 Å². The van der Waals surface area contributed by atoms with Crippen molar-refractivity contribution in [1.82, 2.24) is 4.90 Å². The molecular formula is C14H17NO3. The van der Waals surface area contributed by atoms with Gasteiger partial charge < -0.3 is 9.47 Å². The molecule has 2 aliphatic rings. The fourth-order valence-electron chi connectivity index (χ4n) is 2.76. The Kier molecular flexibility index (Phi) is 2.65. The molecule has 96 valence electrons. The fourth-order valence-corrected chi connectivity index (χ4v) is 2.76. The summed E-state index contributed by atoms with van der Waals surface area (Å²) >= 11 is 0. The van der Waals surface area contributed by atoms with Crippen LogP contribution < -0.4 is 4.74 Å². The van der Waals surface area contributed by atoms with Crippen LogP contribution in [0.25, 0.3) is 0 Å². The summed E-state index contributed by atoms with van der Waals surface area (Å²) in [6.07, 6.45) is 1.36. The number of carbonyl (C=O) groups is 1. The van der Waals surface area contributed by atoms with E-state index in [1.54, 1.807) is 4.90 Å². The van der Waals surface area contributed by atoms with E-state index in [9.17, 15) is 4.79 Å². The van der Waals surface area contributed by atoms with E-state index in [0.29, 0.717) is 13.2 Å². The van der Waals surface area contributed by atoms with Gasteiger partial charge in [-0.3, -0.25) is 4.90 Å². The third kappa shape index (κ3) is 1.82. The number of nitrogens with zero attached hydrogens (tertiary/aromatic N) is 1. The number of carbonyl (C=O) groups excluding carboxylic acids is 1. The number of amides is 1. The maximum absolute atomic E-state index is 11.5. The number of benzene rings is 1. The van der Waals surface area contributed by atoms with Crippen LogP contribution in [0.4, 0.5) is 4.79 Å². The van der Waals surface area contributed by atoms with Gasteiger partial charge >= 0.3 is 6.09 Å². The van der Waals surface area contributed by atoms with Crippen LogP contribution in [-0.2, 0) is 11.2 Å². The summed E-state index contributed by atoms with van der Waals surface area (Å²) in [7, 11) is 0. The molecule has 1 unspecified atom stereocenters. The minimum Gasteiger partial charge on any atom is -0.470 e. The highest BCUT2D eigenvalue weighted by molar-refractivity contribution is 5.69. The number of rotatable bonds is 1. The van der Waals surface area contributed by atoms with Crippen molar-refractivity contribution in [3.63, 3.8) is 0 Å². The number of ether oxygens (including phenoxy) is 2. The molecule has 2 aliphatic heterocycles. The molecule has 0 aliphatic carbocycles. The monoisotopic (exact) mass is 247 g/mol. The lowest BCUT2D eigenvalue weighted by atomic mass is 9.99. The lowest BCUT2D eigenvalue weighted by Crippen LogP contribution is -2.42. The zero-order valence-corrected chi connectivity index (χ0v) is 10.7. The first kappa shape index (κ1) is 11.4. The quantitative estimate of drug-likeness (QED) is 0.765. The van der Waals surface area contributed by atoms with Crippen molar-refractivity contribution in [3.8, 4) is 5.75 Å². The summed E-state index contributed by atoms with van der Waals surface area (Å²) in [4.78, 5) is 13.2. The van der Waals surface area contributed by atoms with E-state index in [1.165, 1.54) is 11.1 Å². The molecule has 4 heteroatoms. The van der Waals surface area contributed by atoms with Gasteiger partial charge in [0.1, 0.15) is 12.4 Å². The van der Waals surface area contributed by atoms with Crippen LogP contribution in [0, 0.1) is 13.8 Å². The normalized spacial score (nSPS) is 22.4. The van der Waals surface area contributed by atoms with Crippen LogP contribution in [-0.4, -0.2) is 30.4 Å². The van der Waals surface area contributed by atoms with E-state index < -0.39 is 0 Å². The van der Waals surface area contributed by atoms with E-state index in [1.807, 2.05) is 0 Å². The van der Waals surface area contributed by atoms with Gasteiger partial charge in [0, 0.05) is 6.42 Å². The topological polar surface area (TPSA) is 38.8 Å². The molecule has 18 heavy (non-hydrogen) atoms. The Labute approximate surface area is 106 Å². The maximum atomic E-state index is 11.5. The molecule has 0 N–H and O–H groups in total. The molecule has 0 bridgehead atoms. The zero-order valence-electron chi connectivity index (χ0n) is 10.7. The van der Waals surface area contributed by atoms with Crippen LogP contribution >= 0.6 is 0 Å². The Balaban J connectivity index is 1.86. The third-order valence-electron chi connectivity index (χ3n) is 3.55. The first-order valence-electron chi connectivity index (χ1n) is 6.35. The lowest BCUT2D eigenvalue weighted by molar-refractivity contribution is 0.0413. The molecule has 0 saturated carbocycles. The summed E-state index contributed by atoms with van der Waals surface area (Å²) in [5.74, 6) is 0.941. The maximum Gasteiger partial charge on any atom is 0.412 e. The zero-order chi connectivity index (χ0) is 12.7. The van der Waals surface area contributed by atoms with E-state index in [0.717, 1.165) is 24.2 Å². The SMILES string of the molecule is Cc1cc(C)c2c(c1)CCC(N1CCOC1=O)O2. The van der Waals surface area contributed by atoms with E-state index in [-0.39, 0.29) is 12.3 Å². The molecule has 1 amide bonds. The second-order valence-electron chi connectivity index (χ2n) is 4.99. The second kappa shape index (κ2) is 4.19. The van der Waals surface area contributed by atoms with Gasteiger partial charge in [-0.2, -0.15) is 0 Å². The minimum atomic E-state index is -0.256. The molecule has 3 rings (SSSR count). The summed E-state index contributed by atoms with van der Waals surface area (Å²) in [6, 6.07) is 4.28. The second-order valence-corrected chi connectivity index (χ2v) is 4.99. The van der Waals surface area contributed by atoms with Crippen molar-refractivity contribution in [2.45, 2.75) is 32.9 Å². The van der Waals surface area contributed by atoms with E-state index in [2.05, 4.69) is 26.0 Å². The van der Waals surface area contributed by atoms with Gasteiger partial charge in [-0.25, -0.2) is 4.79 Å². The highest BCUT2D eigenvalue weighted by Gasteiger charge is 2.33. The van der Waals surface area contributed by atoms with Crippen LogP contribution in [0.2, 0.25) is 0 Å². The van der Waals surface area contributed by atoms with Gasteiger partial charge in [-0.1, -0.05) is 17.7 Å². The van der Waals surface area contributed by atoms with Crippen molar-refractivity contribution >= 4 is 6.09 Å². The van der Waals surface area contributed by atoms with Crippen molar-refractivity contribution in [3.05, 3.63) is 28.8 Å². The molecule has 4 nitrogen and oxygen atoms in total. The van der Waals surface area contributed by atoms with Crippen molar-refractivity contribution in [2.24, 2.45) is 0 Å². The van der Waals surface area contributed by atoms with Gasteiger partial charge in [0.2, 0.25) is 0 Å². The molecule has 1 fully saturated rings. The molecular weight excluding hydrogens is 230 g/mol. The summed E-state index contributed by atoms with van der Waals surface area (Å²) < 4.78 is 11.0.